The molecule has 0 spiro atoms. The van der Waals surface area contributed by atoms with Gasteiger partial charge in [-0.05, 0) is 19.3 Å². The summed E-state index contributed by atoms with van der Waals surface area (Å²) in [4.78, 5) is 10.3. The minimum atomic E-state index is -2.35. The molecule has 0 aliphatic heterocycles. The van der Waals surface area contributed by atoms with Gasteiger partial charge in [-0.3, -0.25) is 4.79 Å². The molecule has 0 saturated carbocycles. The van der Waals surface area contributed by atoms with Crippen molar-refractivity contribution in [3.05, 3.63) is 0 Å². The Kier molecular flexibility index (Phi) is 7.83. The minimum absolute atomic E-state index is 0. The van der Waals surface area contributed by atoms with Crippen LogP contribution in [0.15, 0.2) is 0 Å². The first-order valence-corrected chi connectivity index (χ1v) is 2.82. The van der Waals surface area contributed by atoms with E-state index in [4.69, 9.17) is 22.1 Å². The van der Waals surface area contributed by atoms with Gasteiger partial charge >= 0.3 is 5.97 Å². The number of hydrogen-bond donors (Lipinski definition) is 3. The molecule has 6 heteroatoms. The van der Waals surface area contributed by atoms with Crippen molar-refractivity contribution in [3.8, 4) is 0 Å². The van der Waals surface area contributed by atoms with Crippen LogP contribution in [0.2, 0.25) is 0 Å². The second-order valence-corrected chi connectivity index (χ2v) is 1.71. The molecule has 0 bridgehead atoms. The van der Waals surface area contributed by atoms with E-state index < -0.39 is 37.7 Å². The Hall–Kier alpha value is -0.0300. The van der Waals surface area contributed by atoms with Gasteiger partial charge < -0.3 is 16.6 Å². The van der Waals surface area contributed by atoms with Crippen molar-refractivity contribution in [2.24, 2.45) is 11.5 Å². The molecular weight excluding hydrogens is 203 g/mol. The molecule has 0 aliphatic carbocycles. The van der Waals surface area contributed by atoms with Gasteiger partial charge in [0.15, 0.2) is 0 Å². The smallest absolute Gasteiger partial charge is 0.320 e. The van der Waals surface area contributed by atoms with Gasteiger partial charge in [-0.25, -0.2) is 0 Å². The molecule has 5 N–H and O–H groups in total. The third-order valence-electron chi connectivity index (χ3n) is 0.866. The molecular formula is C6H16Cl2N2O2. The third kappa shape index (κ3) is 9.97. The van der Waals surface area contributed by atoms with E-state index in [1.807, 2.05) is 0 Å². The average molecular weight is 223 g/mol. The zero-order valence-corrected chi connectivity index (χ0v) is 7.95. The van der Waals surface area contributed by atoms with Gasteiger partial charge in [0.05, 0.1) is 0 Å². The zero-order valence-electron chi connectivity index (χ0n) is 10.3. The zero-order chi connectivity index (χ0) is 11.6. The van der Waals surface area contributed by atoms with E-state index in [-0.39, 0.29) is 24.8 Å². The molecule has 1 atom stereocenters. The van der Waals surface area contributed by atoms with Crippen LogP contribution < -0.4 is 11.5 Å². The Labute approximate surface area is 90.1 Å². The highest BCUT2D eigenvalue weighted by molar-refractivity contribution is 5.85. The fourth-order valence-corrected chi connectivity index (χ4v) is 0.342. The van der Waals surface area contributed by atoms with Crippen LogP contribution in [0.25, 0.3) is 0 Å². The van der Waals surface area contributed by atoms with E-state index in [0.29, 0.717) is 0 Å². The van der Waals surface area contributed by atoms with Crippen molar-refractivity contribution >= 4 is 30.8 Å². The van der Waals surface area contributed by atoms with E-state index in [0.717, 1.165) is 0 Å². The van der Waals surface area contributed by atoms with E-state index in [9.17, 15) is 4.79 Å². The molecule has 12 heavy (non-hydrogen) atoms. The highest BCUT2D eigenvalue weighted by Crippen LogP contribution is 1.96. The van der Waals surface area contributed by atoms with Crippen LogP contribution in [0.1, 0.15) is 24.6 Å². The molecule has 76 valence electrons. The number of rotatable bonds is 5. The Morgan fingerprint density at radius 3 is 2.33 bits per heavy atom. The largest absolute Gasteiger partial charge is 0.480 e. The first-order chi connectivity index (χ1) is 6.14. The lowest BCUT2D eigenvalue weighted by atomic mass is 10.1. The topological polar surface area (TPSA) is 89.3 Å². The van der Waals surface area contributed by atoms with Crippen LogP contribution in [0.4, 0.5) is 0 Å². The Morgan fingerprint density at radius 2 is 2.00 bits per heavy atom. The van der Waals surface area contributed by atoms with E-state index in [1.165, 1.54) is 0 Å². The summed E-state index contributed by atoms with van der Waals surface area (Å²) in [5.74, 6) is -1.36. The fraction of sp³-hybridized carbons (Fsp3) is 0.833. The second kappa shape index (κ2) is 11.0. The molecule has 0 radical (unpaired) electrons. The molecule has 4 nitrogen and oxygen atoms in total. The SMILES string of the molecule is Cl.Cl.[2H]C([2H])(CN)C([2H])([2H])CC(N)C(=O)O. The molecule has 0 saturated heterocycles. The van der Waals surface area contributed by atoms with E-state index in [1.54, 1.807) is 0 Å². The number of nitrogens with two attached hydrogens (primary N) is 2. The van der Waals surface area contributed by atoms with Crippen molar-refractivity contribution in [2.75, 3.05) is 6.54 Å². The number of aliphatic carboxylic acids is 1. The van der Waals surface area contributed by atoms with Crippen molar-refractivity contribution in [2.45, 2.75) is 25.2 Å². The Morgan fingerprint density at radius 1 is 1.50 bits per heavy atom. The summed E-state index contributed by atoms with van der Waals surface area (Å²) >= 11 is 0. The van der Waals surface area contributed by atoms with Crippen LogP contribution in [-0.4, -0.2) is 23.7 Å². The standard InChI is InChI=1S/C6H14N2O2.2ClH/c7-4-2-1-3-5(8)6(9)10;;/h5H,1-4,7-8H2,(H,9,10);2*1H/i1D2,2D2;;. The maximum absolute atomic E-state index is 10.3. The summed E-state index contributed by atoms with van der Waals surface area (Å²) in [5, 5.41) is 8.44. The van der Waals surface area contributed by atoms with Crippen molar-refractivity contribution in [1.82, 2.24) is 0 Å². The quantitative estimate of drug-likeness (QED) is 0.628. The molecule has 0 fully saturated rings. The lowest BCUT2D eigenvalue weighted by Crippen LogP contribution is -2.29. The predicted molar refractivity (Wildman–Crippen MR) is 53.0 cm³/mol. The first-order valence-electron chi connectivity index (χ1n) is 4.82. The molecule has 1 unspecified atom stereocenters. The van der Waals surface area contributed by atoms with Gasteiger partial charge in [-0.15, -0.1) is 24.8 Å². The van der Waals surface area contributed by atoms with Crippen molar-refractivity contribution < 1.29 is 15.4 Å². The lowest BCUT2D eigenvalue weighted by molar-refractivity contribution is -0.138. The summed E-state index contributed by atoms with van der Waals surface area (Å²) in [6.07, 6.45) is -5.23. The molecule has 0 aliphatic rings. The average Bonchev–Trinajstić information content (AvgIpc) is 2.03. The number of halogens is 2. The highest BCUT2D eigenvalue weighted by Gasteiger charge is 2.09. The number of carboxylic acid groups (broad SMARTS) is 1. The molecule has 0 amide bonds. The summed E-state index contributed by atoms with van der Waals surface area (Å²) in [5.41, 5.74) is 10.1. The molecule has 0 aromatic heterocycles. The van der Waals surface area contributed by atoms with Crippen LogP contribution in [-0.2, 0) is 4.79 Å². The van der Waals surface area contributed by atoms with Gasteiger partial charge in [0.2, 0.25) is 0 Å². The maximum atomic E-state index is 10.3. The summed E-state index contributed by atoms with van der Waals surface area (Å²) in [6.45, 7) is -0.521. The van der Waals surface area contributed by atoms with Crippen molar-refractivity contribution in [1.29, 1.82) is 0 Å². The van der Waals surface area contributed by atoms with E-state index in [2.05, 4.69) is 0 Å². The van der Waals surface area contributed by atoms with Crippen molar-refractivity contribution in [3.63, 3.8) is 0 Å². The van der Waals surface area contributed by atoms with E-state index >= 15 is 0 Å². The normalized spacial score (nSPS) is 18.2. The molecule has 0 aromatic rings. The molecule has 0 heterocycles. The monoisotopic (exact) mass is 222 g/mol. The third-order valence-corrected chi connectivity index (χ3v) is 0.866. The number of hydrogen-bond acceptors (Lipinski definition) is 3. The maximum Gasteiger partial charge on any atom is 0.320 e. The Bertz CT molecular complexity index is 231. The highest BCUT2D eigenvalue weighted by atomic mass is 35.5. The first kappa shape index (κ1) is 8.56. The summed E-state index contributed by atoms with van der Waals surface area (Å²) < 4.78 is 29.1. The van der Waals surface area contributed by atoms with Gasteiger partial charge in [0, 0.05) is 5.48 Å². The summed E-state index contributed by atoms with van der Waals surface area (Å²) in [7, 11) is 0. The van der Waals surface area contributed by atoms with Gasteiger partial charge in [-0.2, -0.15) is 0 Å². The number of carbonyl (C=O) groups is 1. The number of carboxylic acids is 1. The minimum Gasteiger partial charge on any atom is -0.480 e. The Balaban J connectivity index is -0.000000845. The summed E-state index contributed by atoms with van der Waals surface area (Å²) in [6, 6.07) is -1.42. The van der Waals surface area contributed by atoms with Crippen LogP contribution in [0.5, 0.6) is 0 Å². The predicted octanol–water partition coefficient (Wildman–Crippen LogP) is 0.371. The van der Waals surface area contributed by atoms with Gasteiger partial charge in [-0.1, -0.05) is 6.37 Å². The van der Waals surface area contributed by atoms with Gasteiger partial charge in [0.25, 0.3) is 0 Å². The molecule has 0 aromatic carbocycles. The van der Waals surface area contributed by atoms with Gasteiger partial charge in [0.1, 0.15) is 6.04 Å². The van der Waals surface area contributed by atoms with Crippen LogP contribution >= 0.6 is 24.8 Å². The van der Waals surface area contributed by atoms with Crippen LogP contribution in [0.3, 0.4) is 0 Å². The van der Waals surface area contributed by atoms with Crippen LogP contribution in [0, 0.1) is 0 Å². The lowest BCUT2D eigenvalue weighted by Gasteiger charge is -2.03. The fourth-order valence-electron chi connectivity index (χ4n) is 0.342. The molecule has 0 rings (SSSR count). The second-order valence-electron chi connectivity index (χ2n) is 1.71.